The molecule has 1 saturated heterocycles. The predicted octanol–water partition coefficient (Wildman–Crippen LogP) is 3.24. The Kier molecular flexibility index (Phi) is 6.23. The van der Waals surface area contributed by atoms with E-state index in [1.54, 1.807) is 29.2 Å². The van der Waals surface area contributed by atoms with Crippen LogP contribution >= 0.6 is 11.3 Å². The molecule has 27 heavy (non-hydrogen) atoms. The second-order valence-corrected chi connectivity index (χ2v) is 7.82. The summed E-state index contributed by atoms with van der Waals surface area (Å²) in [5.74, 6) is -0.710. The number of morpholine rings is 1. The van der Waals surface area contributed by atoms with Gasteiger partial charge < -0.3 is 15.0 Å². The van der Waals surface area contributed by atoms with Crippen molar-refractivity contribution in [3.05, 3.63) is 58.0 Å². The highest BCUT2D eigenvalue weighted by Gasteiger charge is 2.32. The molecular weight excluding hydrogens is 367 g/mol. The summed E-state index contributed by atoms with van der Waals surface area (Å²) in [5.41, 5.74) is 0.831. The van der Waals surface area contributed by atoms with E-state index < -0.39 is 6.04 Å². The maximum Gasteiger partial charge on any atom is 0.262 e. The van der Waals surface area contributed by atoms with Crippen LogP contribution < -0.4 is 5.32 Å². The lowest BCUT2D eigenvalue weighted by Crippen LogP contribution is -2.54. The van der Waals surface area contributed by atoms with Gasteiger partial charge in [-0.1, -0.05) is 32.0 Å². The van der Waals surface area contributed by atoms with E-state index in [9.17, 15) is 14.0 Å². The van der Waals surface area contributed by atoms with E-state index in [1.165, 1.54) is 23.5 Å². The molecule has 1 aromatic carbocycles. The number of rotatable bonds is 5. The van der Waals surface area contributed by atoms with Crippen LogP contribution in [0.25, 0.3) is 0 Å². The van der Waals surface area contributed by atoms with E-state index in [1.807, 2.05) is 19.2 Å². The van der Waals surface area contributed by atoms with Gasteiger partial charge in [0.05, 0.1) is 18.0 Å². The van der Waals surface area contributed by atoms with Crippen LogP contribution in [-0.2, 0) is 9.53 Å². The average Bonchev–Trinajstić information content (AvgIpc) is 3.21. The number of carbonyl (C=O) groups excluding carboxylic acids is 2. The lowest BCUT2D eigenvalue weighted by Gasteiger charge is -2.36. The Labute approximate surface area is 162 Å². The summed E-state index contributed by atoms with van der Waals surface area (Å²) >= 11 is 1.34. The fourth-order valence-corrected chi connectivity index (χ4v) is 3.69. The molecule has 1 aliphatic rings. The van der Waals surface area contributed by atoms with Crippen molar-refractivity contribution in [1.82, 2.24) is 10.2 Å². The van der Waals surface area contributed by atoms with Gasteiger partial charge in [-0.05, 0) is 35.1 Å². The zero-order valence-corrected chi connectivity index (χ0v) is 16.2. The van der Waals surface area contributed by atoms with Crippen LogP contribution in [0.2, 0.25) is 0 Å². The van der Waals surface area contributed by atoms with Crippen LogP contribution in [-0.4, -0.2) is 42.5 Å². The monoisotopic (exact) mass is 390 g/mol. The molecule has 5 nitrogen and oxygen atoms in total. The lowest BCUT2D eigenvalue weighted by atomic mass is 10.0. The first-order chi connectivity index (χ1) is 13.0. The number of hydrogen-bond acceptors (Lipinski definition) is 4. The van der Waals surface area contributed by atoms with Crippen molar-refractivity contribution >= 4 is 23.2 Å². The highest BCUT2D eigenvalue weighted by Crippen LogP contribution is 2.23. The number of benzene rings is 1. The first-order valence-electron chi connectivity index (χ1n) is 8.96. The number of hydrogen-bond donors (Lipinski definition) is 1. The Hall–Kier alpha value is -2.25. The predicted molar refractivity (Wildman–Crippen MR) is 102 cm³/mol. The summed E-state index contributed by atoms with van der Waals surface area (Å²) in [4.78, 5) is 27.8. The van der Waals surface area contributed by atoms with Gasteiger partial charge in [-0.15, -0.1) is 11.3 Å². The van der Waals surface area contributed by atoms with E-state index in [2.05, 4.69) is 5.32 Å². The van der Waals surface area contributed by atoms with Crippen molar-refractivity contribution in [3.63, 3.8) is 0 Å². The molecule has 1 aromatic heterocycles. The van der Waals surface area contributed by atoms with Crippen molar-refractivity contribution in [1.29, 1.82) is 0 Å². The van der Waals surface area contributed by atoms with Gasteiger partial charge in [0.1, 0.15) is 18.0 Å². The van der Waals surface area contributed by atoms with Gasteiger partial charge in [0.2, 0.25) is 5.91 Å². The number of halogens is 1. The van der Waals surface area contributed by atoms with Gasteiger partial charge in [0.15, 0.2) is 0 Å². The second-order valence-electron chi connectivity index (χ2n) is 6.87. The van der Waals surface area contributed by atoms with E-state index >= 15 is 0 Å². The molecule has 2 amide bonds. The van der Waals surface area contributed by atoms with Crippen LogP contribution in [0, 0.1) is 11.7 Å². The Morgan fingerprint density at radius 1 is 1.26 bits per heavy atom. The molecule has 2 aromatic rings. The zero-order chi connectivity index (χ0) is 19.4. The Morgan fingerprint density at radius 3 is 2.63 bits per heavy atom. The molecule has 144 valence electrons. The Bertz CT molecular complexity index is 777. The molecule has 7 heteroatoms. The van der Waals surface area contributed by atoms with Gasteiger partial charge in [-0.25, -0.2) is 4.39 Å². The van der Waals surface area contributed by atoms with Crippen LogP contribution in [0.5, 0.6) is 0 Å². The third kappa shape index (κ3) is 4.73. The van der Waals surface area contributed by atoms with Crippen LogP contribution in [0.1, 0.15) is 35.2 Å². The van der Waals surface area contributed by atoms with Crippen LogP contribution in [0.4, 0.5) is 4.39 Å². The number of nitrogens with one attached hydrogen (secondary N) is 1. The second kappa shape index (κ2) is 8.63. The molecule has 1 N–H and O–H groups in total. The molecular formula is C20H23FN2O3S. The fourth-order valence-electron chi connectivity index (χ4n) is 3.06. The summed E-state index contributed by atoms with van der Waals surface area (Å²) < 4.78 is 18.9. The normalized spacial score (nSPS) is 18.4. The van der Waals surface area contributed by atoms with E-state index in [-0.39, 0.29) is 29.7 Å². The standard InChI is InChI=1S/C20H23FN2O3S/c1-13(2)18(22-19(24)17-4-3-11-27-17)20(25)23-9-10-26-16(12-23)14-5-7-15(21)8-6-14/h3-8,11,13,16,18H,9-10,12H2,1-2H3,(H,22,24). The Balaban J connectivity index is 1.69. The van der Waals surface area contributed by atoms with Gasteiger partial charge in [0, 0.05) is 6.54 Å². The summed E-state index contributed by atoms with van der Waals surface area (Å²) in [7, 11) is 0. The van der Waals surface area contributed by atoms with Gasteiger partial charge in [0.25, 0.3) is 5.91 Å². The summed E-state index contributed by atoms with van der Waals surface area (Å²) in [6, 6.07) is 9.06. The number of ether oxygens (including phenoxy) is 1. The Morgan fingerprint density at radius 2 is 2.00 bits per heavy atom. The van der Waals surface area contributed by atoms with E-state index in [4.69, 9.17) is 4.74 Å². The zero-order valence-electron chi connectivity index (χ0n) is 15.4. The van der Waals surface area contributed by atoms with E-state index in [0.29, 0.717) is 24.6 Å². The number of carbonyl (C=O) groups is 2. The van der Waals surface area contributed by atoms with Crippen LogP contribution in [0.15, 0.2) is 41.8 Å². The van der Waals surface area contributed by atoms with Gasteiger partial charge >= 0.3 is 0 Å². The molecule has 1 fully saturated rings. The number of amides is 2. The summed E-state index contributed by atoms with van der Waals surface area (Å²) in [6.45, 7) is 5.07. The molecule has 2 atom stereocenters. The number of thiophene rings is 1. The number of nitrogens with zero attached hydrogens (tertiary/aromatic N) is 1. The molecule has 0 saturated carbocycles. The maximum atomic E-state index is 13.1. The third-order valence-corrected chi connectivity index (χ3v) is 5.45. The largest absolute Gasteiger partial charge is 0.370 e. The summed E-state index contributed by atoms with van der Waals surface area (Å²) in [5, 5.41) is 4.70. The van der Waals surface area contributed by atoms with Gasteiger partial charge in [-0.2, -0.15) is 0 Å². The quantitative estimate of drug-likeness (QED) is 0.853. The van der Waals surface area contributed by atoms with Crippen molar-refractivity contribution in [2.75, 3.05) is 19.7 Å². The van der Waals surface area contributed by atoms with Crippen molar-refractivity contribution in [2.45, 2.75) is 26.0 Å². The SMILES string of the molecule is CC(C)C(NC(=O)c1cccs1)C(=O)N1CCOC(c2ccc(F)cc2)C1. The molecule has 1 aliphatic heterocycles. The first-order valence-corrected chi connectivity index (χ1v) is 9.84. The topological polar surface area (TPSA) is 58.6 Å². The minimum Gasteiger partial charge on any atom is -0.370 e. The molecule has 0 spiro atoms. The molecule has 0 aliphatic carbocycles. The third-order valence-electron chi connectivity index (χ3n) is 4.58. The smallest absolute Gasteiger partial charge is 0.262 e. The first kappa shape index (κ1) is 19.5. The fraction of sp³-hybridized carbons (Fsp3) is 0.400. The molecule has 2 heterocycles. The minimum atomic E-state index is -0.605. The maximum absolute atomic E-state index is 13.1. The van der Waals surface area contributed by atoms with Crippen molar-refractivity contribution < 1.29 is 18.7 Å². The average molecular weight is 390 g/mol. The van der Waals surface area contributed by atoms with Crippen LogP contribution in [0.3, 0.4) is 0 Å². The molecule has 2 unspecified atom stereocenters. The highest BCUT2D eigenvalue weighted by atomic mass is 32.1. The molecule has 3 rings (SSSR count). The minimum absolute atomic E-state index is 0.0477. The molecule has 0 radical (unpaired) electrons. The van der Waals surface area contributed by atoms with Gasteiger partial charge in [-0.3, -0.25) is 9.59 Å². The molecule has 0 bridgehead atoms. The summed E-state index contributed by atoms with van der Waals surface area (Å²) in [6.07, 6.45) is -0.302. The van der Waals surface area contributed by atoms with Crippen molar-refractivity contribution in [3.8, 4) is 0 Å². The van der Waals surface area contributed by atoms with E-state index in [0.717, 1.165) is 5.56 Å². The van der Waals surface area contributed by atoms with Crippen molar-refractivity contribution in [2.24, 2.45) is 5.92 Å². The lowest BCUT2D eigenvalue weighted by molar-refractivity contribution is -0.142. The highest BCUT2D eigenvalue weighted by molar-refractivity contribution is 7.12.